The Kier molecular flexibility index (Phi) is 3.15. The molecule has 0 heterocycles. The van der Waals surface area contributed by atoms with Crippen molar-refractivity contribution in [3.8, 4) is 0 Å². The lowest BCUT2D eigenvalue weighted by molar-refractivity contribution is -0.141. The highest BCUT2D eigenvalue weighted by molar-refractivity contribution is 5.84. The van der Waals surface area contributed by atoms with E-state index in [2.05, 4.69) is 0 Å². The van der Waals surface area contributed by atoms with Gasteiger partial charge in [-0.25, -0.2) is 0 Å². The van der Waals surface area contributed by atoms with Crippen LogP contribution in [-0.2, 0) is 4.79 Å². The number of hydrogen-bond acceptors (Lipinski definition) is 1. The zero-order chi connectivity index (χ0) is 14.0. The summed E-state index contributed by atoms with van der Waals surface area (Å²) in [6.45, 7) is 0. The van der Waals surface area contributed by atoms with Crippen LogP contribution in [0.2, 0.25) is 0 Å². The Morgan fingerprint density at radius 2 is 1.65 bits per heavy atom. The summed E-state index contributed by atoms with van der Waals surface area (Å²) < 4.78 is 0. The summed E-state index contributed by atoms with van der Waals surface area (Å²) in [5, 5.41) is 9.56. The summed E-state index contributed by atoms with van der Waals surface area (Å²) in [5.41, 5.74) is 1.40. The highest BCUT2D eigenvalue weighted by Crippen LogP contribution is 2.60. The van der Waals surface area contributed by atoms with Crippen molar-refractivity contribution in [2.75, 3.05) is 0 Å². The summed E-state index contributed by atoms with van der Waals surface area (Å²) in [6.07, 6.45) is 4.44. The van der Waals surface area contributed by atoms with Crippen molar-refractivity contribution in [1.82, 2.24) is 0 Å². The minimum atomic E-state index is -0.739. The number of benzene rings is 2. The zero-order valence-electron chi connectivity index (χ0n) is 11.1. The molecule has 1 saturated carbocycles. The van der Waals surface area contributed by atoms with Crippen LogP contribution in [0, 0.1) is 5.41 Å². The Hall–Kier alpha value is -2.35. The first-order chi connectivity index (χ1) is 9.72. The maximum atomic E-state index is 11.6. The van der Waals surface area contributed by atoms with E-state index in [9.17, 15) is 9.90 Å². The minimum absolute atomic E-state index is 0.0844. The minimum Gasteiger partial charge on any atom is -0.481 e. The van der Waals surface area contributed by atoms with Gasteiger partial charge in [-0.05, 0) is 17.5 Å². The number of aliphatic carboxylic acids is 1. The van der Waals surface area contributed by atoms with Crippen LogP contribution in [0.3, 0.4) is 0 Å². The molecule has 2 atom stereocenters. The van der Waals surface area contributed by atoms with Gasteiger partial charge in [-0.15, -0.1) is 0 Å². The maximum absolute atomic E-state index is 11.6. The van der Waals surface area contributed by atoms with Gasteiger partial charge in [-0.2, -0.15) is 0 Å². The van der Waals surface area contributed by atoms with E-state index >= 15 is 0 Å². The van der Waals surface area contributed by atoms with E-state index in [4.69, 9.17) is 0 Å². The molecule has 0 saturated heterocycles. The summed E-state index contributed by atoms with van der Waals surface area (Å²) in [6, 6.07) is 19.7. The number of rotatable bonds is 4. The third-order valence-electron chi connectivity index (χ3n) is 3.98. The van der Waals surface area contributed by atoms with Gasteiger partial charge < -0.3 is 5.11 Å². The van der Waals surface area contributed by atoms with Crippen LogP contribution in [0.4, 0.5) is 0 Å². The molecule has 2 nitrogen and oxygen atoms in total. The summed E-state index contributed by atoms with van der Waals surface area (Å²) in [7, 11) is 0. The molecule has 0 spiro atoms. The fourth-order valence-corrected chi connectivity index (χ4v) is 2.68. The molecule has 100 valence electrons. The third kappa shape index (κ3) is 2.25. The molecule has 0 aromatic heterocycles. The van der Waals surface area contributed by atoms with Gasteiger partial charge in [0, 0.05) is 5.92 Å². The molecule has 2 aromatic rings. The summed E-state index contributed by atoms with van der Waals surface area (Å²) >= 11 is 0. The van der Waals surface area contributed by atoms with Gasteiger partial charge in [-0.1, -0.05) is 72.8 Å². The van der Waals surface area contributed by atoms with Gasteiger partial charge in [-0.3, -0.25) is 4.79 Å². The highest BCUT2D eigenvalue weighted by atomic mass is 16.4. The fraction of sp³-hybridized carbons (Fsp3) is 0.167. The molecular formula is C18H16O2. The Morgan fingerprint density at radius 3 is 2.25 bits per heavy atom. The van der Waals surface area contributed by atoms with Crippen LogP contribution < -0.4 is 0 Å². The number of carboxylic acid groups (broad SMARTS) is 1. The first kappa shape index (κ1) is 12.7. The third-order valence-corrected chi connectivity index (χ3v) is 3.98. The van der Waals surface area contributed by atoms with Crippen LogP contribution in [0.1, 0.15) is 23.5 Å². The van der Waals surface area contributed by atoms with Crippen LogP contribution >= 0.6 is 0 Å². The van der Waals surface area contributed by atoms with Crippen LogP contribution in [0.5, 0.6) is 0 Å². The topological polar surface area (TPSA) is 37.3 Å². The molecular weight excluding hydrogens is 248 g/mol. The fourth-order valence-electron chi connectivity index (χ4n) is 2.68. The van der Waals surface area contributed by atoms with Gasteiger partial charge in [0.1, 0.15) is 0 Å². The van der Waals surface area contributed by atoms with Crippen LogP contribution in [0.25, 0.3) is 6.08 Å². The molecule has 2 heteroatoms. The van der Waals surface area contributed by atoms with E-state index in [1.165, 1.54) is 0 Å². The molecule has 2 aromatic carbocycles. The Balaban J connectivity index is 1.85. The Labute approximate surface area is 118 Å². The molecule has 3 rings (SSSR count). The number of hydrogen-bond donors (Lipinski definition) is 1. The van der Waals surface area contributed by atoms with Crippen molar-refractivity contribution in [3.63, 3.8) is 0 Å². The standard InChI is InChI=1S/C18H16O2/c19-17(20)18(12-11-14-7-3-1-4-8-14)13-16(18)15-9-5-2-6-10-15/h1-12,16H,13H2,(H,19,20). The zero-order valence-corrected chi connectivity index (χ0v) is 11.1. The van der Waals surface area contributed by atoms with Crippen molar-refractivity contribution in [1.29, 1.82) is 0 Å². The molecule has 1 aliphatic rings. The normalized spacial score (nSPS) is 24.7. The van der Waals surface area contributed by atoms with Crippen molar-refractivity contribution in [2.24, 2.45) is 5.41 Å². The van der Waals surface area contributed by atoms with E-state index in [1.807, 2.05) is 72.8 Å². The van der Waals surface area contributed by atoms with E-state index in [-0.39, 0.29) is 5.92 Å². The molecule has 1 fully saturated rings. The lowest BCUT2D eigenvalue weighted by atomic mass is 9.97. The van der Waals surface area contributed by atoms with Crippen molar-refractivity contribution >= 4 is 12.0 Å². The second-order valence-electron chi connectivity index (χ2n) is 5.26. The molecule has 0 amide bonds. The lowest BCUT2D eigenvalue weighted by Crippen LogP contribution is -2.14. The predicted molar refractivity (Wildman–Crippen MR) is 79.3 cm³/mol. The number of carboxylic acids is 1. The average molecular weight is 264 g/mol. The van der Waals surface area contributed by atoms with E-state index in [0.29, 0.717) is 6.42 Å². The molecule has 0 aliphatic heterocycles. The smallest absolute Gasteiger partial charge is 0.314 e. The van der Waals surface area contributed by atoms with Gasteiger partial charge in [0.2, 0.25) is 0 Å². The van der Waals surface area contributed by atoms with E-state index in [0.717, 1.165) is 11.1 Å². The SMILES string of the molecule is O=C(O)C1(C=Cc2ccccc2)CC1c1ccccc1. The first-order valence-electron chi connectivity index (χ1n) is 6.75. The van der Waals surface area contributed by atoms with Gasteiger partial charge in [0.15, 0.2) is 0 Å². The Bertz CT molecular complexity index is 631. The average Bonchev–Trinajstić information content (AvgIpc) is 3.23. The molecule has 0 bridgehead atoms. The van der Waals surface area contributed by atoms with Crippen molar-refractivity contribution < 1.29 is 9.90 Å². The van der Waals surface area contributed by atoms with Crippen LogP contribution in [0.15, 0.2) is 66.7 Å². The lowest BCUT2D eigenvalue weighted by Gasteiger charge is -2.07. The second-order valence-corrected chi connectivity index (χ2v) is 5.26. The molecule has 1 aliphatic carbocycles. The second kappa shape index (κ2) is 4.97. The molecule has 0 radical (unpaired) electrons. The van der Waals surface area contributed by atoms with Crippen molar-refractivity contribution in [2.45, 2.75) is 12.3 Å². The quantitative estimate of drug-likeness (QED) is 0.907. The first-order valence-corrected chi connectivity index (χ1v) is 6.75. The highest BCUT2D eigenvalue weighted by Gasteiger charge is 2.59. The summed E-state index contributed by atoms with van der Waals surface area (Å²) in [4.78, 5) is 11.6. The van der Waals surface area contributed by atoms with Crippen molar-refractivity contribution in [3.05, 3.63) is 77.9 Å². The summed E-state index contributed by atoms with van der Waals surface area (Å²) in [5.74, 6) is -0.653. The molecule has 20 heavy (non-hydrogen) atoms. The predicted octanol–water partition coefficient (Wildman–Crippen LogP) is 3.96. The van der Waals surface area contributed by atoms with Crippen LogP contribution in [-0.4, -0.2) is 11.1 Å². The van der Waals surface area contributed by atoms with E-state index in [1.54, 1.807) is 0 Å². The molecule has 1 N–H and O–H groups in total. The monoisotopic (exact) mass is 264 g/mol. The maximum Gasteiger partial charge on any atom is 0.314 e. The van der Waals surface area contributed by atoms with Gasteiger partial charge >= 0.3 is 5.97 Å². The van der Waals surface area contributed by atoms with E-state index < -0.39 is 11.4 Å². The molecule has 2 unspecified atom stereocenters. The number of carbonyl (C=O) groups is 1. The Morgan fingerprint density at radius 1 is 1.05 bits per heavy atom. The van der Waals surface area contributed by atoms with Gasteiger partial charge in [0.05, 0.1) is 5.41 Å². The largest absolute Gasteiger partial charge is 0.481 e. The van der Waals surface area contributed by atoms with Gasteiger partial charge in [0.25, 0.3) is 0 Å².